The molecule has 0 radical (unpaired) electrons. The van der Waals surface area contributed by atoms with Crippen molar-refractivity contribution in [2.45, 2.75) is 39.2 Å². The van der Waals surface area contributed by atoms with E-state index in [1.165, 1.54) is 0 Å². The number of para-hydroxylation sites is 2. The van der Waals surface area contributed by atoms with E-state index >= 15 is 0 Å². The fraction of sp³-hybridized carbons (Fsp3) is 0.500. The van der Waals surface area contributed by atoms with Crippen LogP contribution in [0.3, 0.4) is 0 Å². The number of likely N-dealkylation sites (tertiary alicyclic amines) is 1. The van der Waals surface area contributed by atoms with Crippen LogP contribution in [0.15, 0.2) is 24.3 Å². The molecule has 1 aliphatic rings. The van der Waals surface area contributed by atoms with Crippen LogP contribution in [-0.4, -0.2) is 45.9 Å². The molecule has 1 aromatic heterocycles. The van der Waals surface area contributed by atoms with Crippen LogP contribution in [0.5, 0.6) is 0 Å². The number of amides is 2. The third-order valence-electron chi connectivity index (χ3n) is 4.48. The predicted molar refractivity (Wildman–Crippen MR) is 92.6 cm³/mol. The fourth-order valence-electron chi connectivity index (χ4n) is 3.13. The molecule has 0 atom stereocenters. The van der Waals surface area contributed by atoms with Gasteiger partial charge in [-0.1, -0.05) is 19.1 Å². The summed E-state index contributed by atoms with van der Waals surface area (Å²) in [7, 11) is 0. The van der Waals surface area contributed by atoms with Crippen LogP contribution < -0.4 is 5.32 Å². The number of rotatable bonds is 6. The van der Waals surface area contributed by atoms with E-state index in [0.717, 1.165) is 42.8 Å². The summed E-state index contributed by atoms with van der Waals surface area (Å²) in [6.07, 6.45) is 3.27. The van der Waals surface area contributed by atoms with Crippen molar-refractivity contribution in [1.82, 2.24) is 19.8 Å². The average molecular weight is 328 g/mol. The third-order valence-corrected chi connectivity index (χ3v) is 4.48. The molecule has 3 rings (SSSR count). The van der Waals surface area contributed by atoms with Crippen molar-refractivity contribution in [3.63, 3.8) is 0 Å². The van der Waals surface area contributed by atoms with Crippen molar-refractivity contribution in [3.05, 3.63) is 30.1 Å². The van der Waals surface area contributed by atoms with Gasteiger partial charge < -0.3 is 14.8 Å². The van der Waals surface area contributed by atoms with Crippen LogP contribution in [0.4, 0.5) is 0 Å². The molecule has 2 amide bonds. The number of carbonyl (C=O) groups is 2. The van der Waals surface area contributed by atoms with Gasteiger partial charge >= 0.3 is 0 Å². The van der Waals surface area contributed by atoms with Gasteiger partial charge in [0.25, 0.3) is 0 Å². The minimum Gasteiger partial charge on any atom is -0.356 e. The van der Waals surface area contributed by atoms with Gasteiger partial charge in [-0.2, -0.15) is 0 Å². The van der Waals surface area contributed by atoms with Crippen LogP contribution in [0, 0.1) is 0 Å². The molecule has 0 saturated carbocycles. The highest BCUT2D eigenvalue weighted by Gasteiger charge is 2.20. The molecule has 0 spiro atoms. The van der Waals surface area contributed by atoms with Gasteiger partial charge in [0.05, 0.1) is 11.0 Å². The Labute approximate surface area is 141 Å². The molecule has 1 N–H and O–H groups in total. The van der Waals surface area contributed by atoms with E-state index in [0.29, 0.717) is 25.9 Å². The molecule has 0 aliphatic carbocycles. The van der Waals surface area contributed by atoms with Gasteiger partial charge in [0.2, 0.25) is 11.8 Å². The summed E-state index contributed by atoms with van der Waals surface area (Å²) >= 11 is 0. The van der Waals surface area contributed by atoms with Gasteiger partial charge in [-0.15, -0.1) is 0 Å². The van der Waals surface area contributed by atoms with Crippen LogP contribution in [0.2, 0.25) is 0 Å². The van der Waals surface area contributed by atoms with E-state index in [9.17, 15) is 9.59 Å². The van der Waals surface area contributed by atoms with Gasteiger partial charge in [0.15, 0.2) is 0 Å². The standard InChI is InChI=1S/C18H24N4O2/c1-2-17(23)19-10-9-16-20-14-7-3-4-8-15(14)22(16)13-18(24)21-11-5-6-12-21/h3-4,7-8H,2,5-6,9-13H2,1H3,(H,19,23). The van der Waals surface area contributed by atoms with Crippen molar-refractivity contribution < 1.29 is 9.59 Å². The highest BCUT2D eigenvalue weighted by atomic mass is 16.2. The second-order valence-corrected chi connectivity index (χ2v) is 6.14. The number of aromatic nitrogens is 2. The maximum Gasteiger partial charge on any atom is 0.242 e. The Balaban J connectivity index is 1.79. The Morgan fingerprint density at radius 1 is 1.21 bits per heavy atom. The van der Waals surface area contributed by atoms with Crippen molar-refractivity contribution in [3.8, 4) is 0 Å². The van der Waals surface area contributed by atoms with Gasteiger partial charge in [-0.05, 0) is 25.0 Å². The molecule has 2 heterocycles. The molecule has 1 fully saturated rings. The summed E-state index contributed by atoms with van der Waals surface area (Å²) in [5.74, 6) is 1.03. The van der Waals surface area contributed by atoms with Crippen LogP contribution in [0.1, 0.15) is 32.0 Å². The molecule has 128 valence electrons. The first-order valence-corrected chi connectivity index (χ1v) is 8.67. The van der Waals surface area contributed by atoms with Crippen molar-refractivity contribution >= 4 is 22.8 Å². The SMILES string of the molecule is CCC(=O)NCCc1nc2ccccc2n1CC(=O)N1CCCC1. The molecule has 0 bridgehead atoms. The third kappa shape index (κ3) is 3.58. The molecular weight excluding hydrogens is 304 g/mol. The van der Waals surface area contributed by atoms with E-state index in [4.69, 9.17) is 0 Å². The normalized spacial score (nSPS) is 14.3. The molecule has 1 aliphatic heterocycles. The Bertz CT molecular complexity index is 732. The highest BCUT2D eigenvalue weighted by Crippen LogP contribution is 2.17. The monoisotopic (exact) mass is 328 g/mol. The van der Waals surface area contributed by atoms with Crippen LogP contribution >= 0.6 is 0 Å². The highest BCUT2D eigenvalue weighted by molar-refractivity contribution is 5.81. The molecule has 2 aromatic rings. The number of nitrogens with zero attached hydrogens (tertiary/aromatic N) is 3. The molecule has 1 saturated heterocycles. The lowest BCUT2D eigenvalue weighted by Gasteiger charge is -2.17. The maximum absolute atomic E-state index is 12.5. The largest absolute Gasteiger partial charge is 0.356 e. The molecule has 24 heavy (non-hydrogen) atoms. The smallest absolute Gasteiger partial charge is 0.242 e. The van der Waals surface area contributed by atoms with Gasteiger partial charge in [0.1, 0.15) is 12.4 Å². The van der Waals surface area contributed by atoms with Gasteiger partial charge in [0, 0.05) is 32.5 Å². The maximum atomic E-state index is 12.5. The summed E-state index contributed by atoms with van der Waals surface area (Å²) in [6, 6.07) is 7.86. The number of carbonyl (C=O) groups excluding carboxylic acids is 2. The molecule has 1 aromatic carbocycles. The lowest BCUT2D eigenvalue weighted by molar-refractivity contribution is -0.130. The van der Waals surface area contributed by atoms with E-state index in [1.807, 2.05) is 40.7 Å². The number of imidazole rings is 1. The van der Waals surface area contributed by atoms with Gasteiger partial charge in [-0.3, -0.25) is 9.59 Å². The second-order valence-electron chi connectivity index (χ2n) is 6.14. The first-order valence-electron chi connectivity index (χ1n) is 8.67. The summed E-state index contributed by atoms with van der Waals surface area (Å²) in [4.78, 5) is 30.5. The summed E-state index contributed by atoms with van der Waals surface area (Å²) < 4.78 is 1.99. The number of benzene rings is 1. The van der Waals surface area contributed by atoms with E-state index in [1.54, 1.807) is 0 Å². The Morgan fingerprint density at radius 2 is 1.96 bits per heavy atom. The number of hydrogen-bond acceptors (Lipinski definition) is 3. The lowest BCUT2D eigenvalue weighted by Crippen LogP contribution is -2.32. The van der Waals surface area contributed by atoms with Crippen LogP contribution in [0.25, 0.3) is 11.0 Å². The van der Waals surface area contributed by atoms with Crippen molar-refractivity contribution in [2.75, 3.05) is 19.6 Å². The zero-order chi connectivity index (χ0) is 16.9. The van der Waals surface area contributed by atoms with Gasteiger partial charge in [-0.25, -0.2) is 4.98 Å². The number of fused-ring (bicyclic) bond motifs is 1. The Morgan fingerprint density at radius 3 is 2.71 bits per heavy atom. The van der Waals surface area contributed by atoms with E-state index in [-0.39, 0.29) is 11.8 Å². The quantitative estimate of drug-likeness (QED) is 0.878. The van der Waals surface area contributed by atoms with Crippen molar-refractivity contribution in [2.24, 2.45) is 0 Å². The fourth-order valence-corrected chi connectivity index (χ4v) is 3.13. The van der Waals surface area contributed by atoms with Crippen LogP contribution in [-0.2, 0) is 22.6 Å². The predicted octanol–water partition coefficient (Wildman–Crippen LogP) is 1.73. The second kappa shape index (κ2) is 7.47. The van der Waals surface area contributed by atoms with E-state index in [2.05, 4.69) is 10.3 Å². The Kier molecular flexibility index (Phi) is 5.13. The zero-order valence-corrected chi connectivity index (χ0v) is 14.1. The minimum absolute atomic E-state index is 0.0332. The van der Waals surface area contributed by atoms with Crippen molar-refractivity contribution in [1.29, 1.82) is 0 Å². The summed E-state index contributed by atoms with van der Waals surface area (Å²) in [6.45, 7) is 4.39. The molecule has 6 nitrogen and oxygen atoms in total. The number of nitrogens with one attached hydrogen (secondary N) is 1. The molecular formula is C18H24N4O2. The summed E-state index contributed by atoms with van der Waals surface area (Å²) in [5, 5.41) is 2.87. The van der Waals surface area contributed by atoms with E-state index < -0.39 is 0 Å². The molecule has 6 heteroatoms. The lowest BCUT2D eigenvalue weighted by atomic mass is 10.3. The molecule has 0 unspecified atom stereocenters. The first kappa shape index (κ1) is 16.5. The number of hydrogen-bond donors (Lipinski definition) is 1. The average Bonchev–Trinajstić information content (AvgIpc) is 3.23. The Hall–Kier alpha value is -2.37. The zero-order valence-electron chi connectivity index (χ0n) is 14.1. The first-order chi connectivity index (χ1) is 11.7. The minimum atomic E-state index is 0.0332. The summed E-state index contributed by atoms with van der Waals surface area (Å²) in [5.41, 5.74) is 1.87. The topological polar surface area (TPSA) is 67.2 Å².